The van der Waals surface area contributed by atoms with Crippen LogP contribution < -0.4 is 4.57 Å². The predicted octanol–water partition coefficient (Wildman–Crippen LogP) is 4.04. The van der Waals surface area contributed by atoms with Gasteiger partial charge in [0.1, 0.15) is 0 Å². The van der Waals surface area contributed by atoms with Crippen molar-refractivity contribution in [2.24, 2.45) is 0 Å². The smallest absolute Gasteiger partial charge is 0.158 e. The van der Waals surface area contributed by atoms with Gasteiger partial charge in [0.05, 0.1) is 0 Å². The molecule has 0 aliphatic carbocycles. The number of fused-ring (bicyclic) bond motifs is 1. The molecular formula is C18H18N+. The molecular weight excluding hydrogens is 230 g/mol. The highest BCUT2D eigenvalue weighted by Crippen LogP contribution is 2.15. The topological polar surface area (TPSA) is 3.88 Å². The lowest BCUT2D eigenvalue weighted by Gasteiger charge is -2.05. The van der Waals surface area contributed by atoms with Crippen LogP contribution >= 0.6 is 0 Å². The highest BCUT2D eigenvalue weighted by atomic mass is 15.0. The Balaban J connectivity index is 2.32. The van der Waals surface area contributed by atoms with Gasteiger partial charge in [-0.3, -0.25) is 0 Å². The fraction of sp³-hybridized carbons (Fsp3) is 0.167. The van der Waals surface area contributed by atoms with E-state index in [1.165, 1.54) is 33.4 Å². The van der Waals surface area contributed by atoms with Crippen molar-refractivity contribution in [1.82, 2.24) is 0 Å². The molecule has 1 heteroatoms. The summed E-state index contributed by atoms with van der Waals surface area (Å²) in [6, 6.07) is 19.7. The molecule has 0 spiro atoms. The van der Waals surface area contributed by atoms with Gasteiger partial charge in [0.15, 0.2) is 5.69 Å². The van der Waals surface area contributed by atoms with Gasteiger partial charge in [0, 0.05) is 36.6 Å². The Bertz CT molecular complexity index is 739. The second-order valence-electron chi connectivity index (χ2n) is 5.21. The first-order chi connectivity index (χ1) is 9.15. The van der Waals surface area contributed by atoms with Crippen LogP contribution in [-0.4, -0.2) is 0 Å². The van der Waals surface area contributed by atoms with E-state index in [-0.39, 0.29) is 0 Å². The zero-order chi connectivity index (χ0) is 13.4. The Morgan fingerprint density at radius 3 is 2.11 bits per heavy atom. The molecule has 0 saturated heterocycles. The Kier molecular flexibility index (Phi) is 2.83. The van der Waals surface area contributed by atoms with E-state index in [1.807, 2.05) is 0 Å². The highest BCUT2D eigenvalue weighted by molar-refractivity contribution is 5.76. The number of nitrogens with zero attached hydrogens (tertiary/aromatic N) is 1. The van der Waals surface area contributed by atoms with Gasteiger partial charge in [-0.2, -0.15) is 4.57 Å². The van der Waals surface area contributed by atoms with Gasteiger partial charge in [-0.25, -0.2) is 0 Å². The summed E-state index contributed by atoms with van der Waals surface area (Å²) in [6.45, 7) is 6.41. The molecule has 0 amide bonds. The third-order valence-electron chi connectivity index (χ3n) is 3.57. The van der Waals surface area contributed by atoms with Crippen LogP contribution in [-0.2, 0) is 0 Å². The molecule has 1 nitrogen and oxygen atoms in total. The molecule has 19 heavy (non-hydrogen) atoms. The minimum atomic E-state index is 1.22. The van der Waals surface area contributed by atoms with Crippen molar-refractivity contribution in [3.63, 3.8) is 0 Å². The summed E-state index contributed by atoms with van der Waals surface area (Å²) in [4.78, 5) is 0. The molecule has 1 heterocycles. The number of aryl methyl sites for hydroxylation is 3. The summed E-state index contributed by atoms with van der Waals surface area (Å²) in [5, 5.41) is 1.28. The van der Waals surface area contributed by atoms with E-state index < -0.39 is 0 Å². The normalized spacial score (nSPS) is 10.9. The van der Waals surface area contributed by atoms with E-state index in [4.69, 9.17) is 0 Å². The zero-order valence-corrected chi connectivity index (χ0v) is 11.6. The number of benzene rings is 2. The van der Waals surface area contributed by atoms with E-state index in [9.17, 15) is 0 Å². The first-order valence-corrected chi connectivity index (χ1v) is 6.64. The molecule has 3 aromatic rings. The number of pyridine rings is 1. The standard InChI is InChI=1S/C18H18N/c1-13-4-9-17(10-5-13)19-15(3)7-8-16-12-14(2)6-11-18(16)19/h4-12H,1-3H3/q+1. The molecule has 0 aliphatic rings. The van der Waals surface area contributed by atoms with Crippen LogP contribution in [0.5, 0.6) is 0 Å². The molecule has 0 bridgehead atoms. The maximum Gasteiger partial charge on any atom is 0.218 e. The van der Waals surface area contributed by atoms with Crippen LogP contribution in [0.4, 0.5) is 0 Å². The van der Waals surface area contributed by atoms with Crippen molar-refractivity contribution in [3.8, 4) is 5.69 Å². The quantitative estimate of drug-likeness (QED) is 0.572. The summed E-state index contributed by atoms with van der Waals surface area (Å²) >= 11 is 0. The summed E-state index contributed by atoms with van der Waals surface area (Å²) in [5.74, 6) is 0. The molecule has 3 rings (SSSR count). The van der Waals surface area contributed by atoms with Crippen molar-refractivity contribution < 1.29 is 4.57 Å². The third-order valence-corrected chi connectivity index (χ3v) is 3.57. The average molecular weight is 248 g/mol. The summed E-state index contributed by atoms with van der Waals surface area (Å²) in [6.07, 6.45) is 0. The first-order valence-electron chi connectivity index (χ1n) is 6.64. The summed E-state index contributed by atoms with van der Waals surface area (Å²) in [7, 11) is 0. The lowest BCUT2D eigenvalue weighted by molar-refractivity contribution is -0.574. The van der Waals surface area contributed by atoms with Gasteiger partial charge in [0.25, 0.3) is 0 Å². The van der Waals surface area contributed by atoms with E-state index in [1.54, 1.807) is 0 Å². The van der Waals surface area contributed by atoms with Crippen molar-refractivity contribution in [3.05, 3.63) is 71.4 Å². The second kappa shape index (κ2) is 4.51. The van der Waals surface area contributed by atoms with E-state index in [0.717, 1.165) is 0 Å². The van der Waals surface area contributed by atoms with Crippen molar-refractivity contribution in [2.75, 3.05) is 0 Å². The number of aromatic nitrogens is 1. The third kappa shape index (κ3) is 2.12. The van der Waals surface area contributed by atoms with E-state index in [0.29, 0.717) is 0 Å². The maximum absolute atomic E-state index is 2.31. The fourth-order valence-electron chi connectivity index (χ4n) is 2.52. The molecule has 0 unspecified atom stereocenters. The SMILES string of the molecule is Cc1ccc(-[n+]2c(C)ccc3cc(C)ccc32)cc1. The molecule has 2 aromatic carbocycles. The predicted molar refractivity (Wildman–Crippen MR) is 79.7 cm³/mol. The summed E-state index contributed by atoms with van der Waals surface area (Å²) in [5.41, 5.74) is 6.32. The summed E-state index contributed by atoms with van der Waals surface area (Å²) < 4.78 is 2.31. The first kappa shape index (κ1) is 11.9. The number of rotatable bonds is 1. The van der Waals surface area contributed by atoms with Crippen molar-refractivity contribution in [2.45, 2.75) is 20.8 Å². The molecule has 0 saturated carbocycles. The number of hydrogen-bond acceptors (Lipinski definition) is 0. The van der Waals surface area contributed by atoms with Crippen molar-refractivity contribution >= 4 is 10.9 Å². The van der Waals surface area contributed by atoms with Gasteiger partial charge < -0.3 is 0 Å². The highest BCUT2D eigenvalue weighted by Gasteiger charge is 2.15. The van der Waals surface area contributed by atoms with E-state index in [2.05, 4.69) is 79.9 Å². The zero-order valence-electron chi connectivity index (χ0n) is 11.6. The Labute approximate surface area is 114 Å². The van der Waals surface area contributed by atoms with Crippen LogP contribution in [0.15, 0.2) is 54.6 Å². The molecule has 1 aromatic heterocycles. The van der Waals surface area contributed by atoms with Crippen LogP contribution in [0, 0.1) is 20.8 Å². The van der Waals surface area contributed by atoms with Gasteiger partial charge in [-0.15, -0.1) is 0 Å². The Morgan fingerprint density at radius 1 is 0.684 bits per heavy atom. The van der Waals surface area contributed by atoms with Crippen LogP contribution in [0.25, 0.3) is 16.6 Å². The van der Waals surface area contributed by atoms with Crippen molar-refractivity contribution in [1.29, 1.82) is 0 Å². The van der Waals surface area contributed by atoms with Crippen LogP contribution in [0.2, 0.25) is 0 Å². The molecule has 0 aliphatic heterocycles. The fourth-order valence-corrected chi connectivity index (χ4v) is 2.52. The second-order valence-corrected chi connectivity index (χ2v) is 5.21. The lowest BCUT2D eigenvalue weighted by Crippen LogP contribution is -2.35. The van der Waals surface area contributed by atoms with Gasteiger partial charge in [-0.1, -0.05) is 29.3 Å². The van der Waals surface area contributed by atoms with E-state index >= 15 is 0 Å². The average Bonchev–Trinajstić information content (AvgIpc) is 2.40. The van der Waals surface area contributed by atoms with Crippen LogP contribution in [0.1, 0.15) is 16.8 Å². The monoisotopic (exact) mass is 248 g/mol. The minimum Gasteiger partial charge on any atom is -0.158 e. The van der Waals surface area contributed by atoms with Gasteiger partial charge >= 0.3 is 0 Å². The Morgan fingerprint density at radius 2 is 1.37 bits per heavy atom. The molecule has 0 fully saturated rings. The maximum atomic E-state index is 2.31. The molecule has 0 radical (unpaired) electrons. The van der Waals surface area contributed by atoms with Gasteiger partial charge in [-0.05, 0) is 26.0 Å². The van der Waals surface area contributed by atoms with Gasteiger partial charge in [0.2, 0.25) is 11.2 Å². The minimum absolute atomic E-state index is 1.22. The largest absolute Gasteiger partial charge is 0.218 e. The lowest BCUT2D eigenvalue weighted by atomic mass is 10.1. The molecule has 94 valence electrons. The number of hydrogen-bond donors (Lipinski definition) is 0. The molecule has 0 N–H and O–H groups in total. The Hall–Kier alpha value is -2.15. The van der Waals surface area contributed by atoms with Crippen LogP contribution in [0.3, 0.4) is 0 Å². The molecule has 0 atom stereocenters.